The molecule has 0 aliphatic carbocycles. The second-order valence-corrected chi connectivity index (χ2v) is 4.48. The Balaban J connectivity index is 0. The van der Waals surface area contributed by atoms with E-state index in [1.807, 2.05) is 0 Å². The first-order valence-electron chi connectivity index (χ1n) is 4.91. The molecule has 0 fully saturated rings. The molecule has 0 amide bonds. The predicted molar refractivity (Wildman–Crippen MR) is 60.4 cm³/mol. The van der Waals surface area contributed by atoms with Gasteiger partial charge in [0.05, 0.1) is 0 Å². The number of ketones is 1. The quantitative estimate of drug-likeness (QED) is 0.599. The maximum absolute atomic E-state index is 11.6. The third-order valence-corrected chi connectivity index (χ3v) is 2.64. The lowest BCUT2D eigenvalue weighted by atomic mass is 10.0. The van der Waals surface area contributed by atoms with Crippen molar-refractivity contribution >= 4 is 20.4 Å². The van der Waals surface area contributed by atoms with Crippen LogP contribution in [0.1, 0.15) is 13.3 Å². The molecular weight excluding hydrogens is 292 g/mol. The van der Waals surface area contributed by atoms with Gasteiger partial charge in [0.1, 0.15) is 5.92 Å². The fourth-order valence-electron chi connectivity index (χ4n) is 0.893. The molecule has 1 N–H and O–H groups in total. The van der Waals surface area contributed by atoms with Gasteiger partial charge >= 0.3 is 20.7 Å². The van der Waals surface area contributed by atoms with Crippen LogP contribution < -0.4 is 0 Å². The summed E-state index contributed by atoms with van der Waals surface area (Å²) < 4.78 is 48.9. The van der Waals surface area contributed by atoms with Crippen molar-refractivity contribution in [1.29, 1.82) is 0 Å². The standard InChI is InChI=1S/C6H7F3O3.C3H9O3P/c1-2-3(5(11)12)4(10)6(7,8)9;1-4-7(5-2)6-3/h3H,2H2,1H3,(H,11,12);1-3H3. The number of rotatable bonds is 6. The highest BCUT2D eigenvalue weighted by Gasteiger charge is 2.45. The van der Waals surface area contributed by atoms with E-state index in [0.717, 1.165) is 0 Å². The summed E-state index contributed by atoms with van der Waals surface area (Å²) in [4.78, 5) is 20.4. The van der Waals surface area contributed by atoms with Gasteiger partial charge in [0.25, 0.3) is 0 Å². The summed E-state index contributed by atoms with van der Waals surface area (Å²) in [5, 5.41) is 8.19. The molecule has 0 radical (unpaired) electrons. The van der Waals surface area contributed by atoms with Crippen LogP contribution in [0.2, 0.25) is 0 Å². The van der Waals surface area contributed by atoms with Crippen LogP contribution in [0.3, 0.4) is 0 Å². The zero-order chi connectivity index (χ0) is 15.6. The number of halogens is 3. The van der Waals surface area contributed by atoms with Crippen LogP contribution in [0.15, 0.2) is 0 Å². The summed E-state index contributed by atoms with van der Waals surface area (Å²) in [6.07, 6.45) is -5.41. The van der Waals surface area contributed by atoms with E-state index >= 15 is 0 Å². The monoisotopic (exact) mass is 308 g/mol. The lowest BCUT2D eigenvalue weighted by molar-refractivity contribution is -0.179. The van der Waals surface area contributed by atoms with Crippen LogP contribution in [-0.4, -0.2) is 44.4 Å². The molecular formula is C9H16F3O6P. The first-order valence-corrected chi connectivity index (χ1v) is 6.01. The zero-order valence-electron chi connectivity index (χ0n) is 10.9. The SMILES string of the molecule is CCC(C(=O)O)C(=O)C(F)(F)F.COP(OC)OC. The zero-order valence-corrected chi connectivity index (χ0v) is 11.7. The van der Waals surface area contributed by atoms with Crippen LogP contribution in [0.4, 0.5) is 13.2 Å². The van der Waals surface area contributed by atoms with E-state index in [2.05, 4.69) is 13.6 Å². The van der Waals surface area contributed by atoms with Gasteiger partial charge in [-0.2, -0.15) is 13.2 Å². The third kappa shape index (κ3) is 8.88. The average Bonchev–Trinajstić information content (AvgIpc) is 2.31. The van der Waals surface area contributed by atoms with Gasteiger partial charge in [0.15, 0.2) is 0 Å². The fourth-order valence-corrected chi connectivity index (χ4v) is 1.34. The minimum atomic E-state index is -5.06. The Bertz CT molecular complexity index is 274. The number of hydrogen-bond donors (Lipinski definition) is 1. The van der Waals surface area contributed by atoms with Crippen molar-refractivity contribution in [3.8, 4) is 0 Å². The van der Waals surface area contributed by atoms with E-state index in [1.165, 1.54) is 6.92 Å². The molecule has 6 nitrogen and oxygen atoms in total. The van der Waals surface area contributed by atoms with Crippen molar-refractivity contribution in [1.82, 2.24) is 0 Å². The number of alkyl halides is 3. The molecule has 1 unspecified atom stereocenters. The fraction of sp³-hybridized carbons (Fsp3) is 0.778. The van der Waals surface area contributed by atoms with E-state index in [-0.39, 0.29) is 6.42 Å². The Morgan fingerprint density at radius 2 is 1.53 bits per heavy atom. The summed E-state index contributed by atoms with van der Waals surface area (Å²) >= 11 is 0. The molecule has 0 heterocycles. The van der Waals surface area contributed by atoms with Gasteiger partial charge in [-0.3, -0.25) is 9.59 Å². The maximum Gasteiger partial charge on any atom is 0.450 e. The van der Waals surface area contributed by atoms with Crippen LogP contribution in [-0.2, 0) is 23.2 Å². The van der Waals surface area contributed by atoms with Gasteiger partial charge in [-0.15, -0.1) is 0 Å². The van der Waals surface area contributed by atoms with E-state index < -0.39 is 32.4 Å². The molecule has 0 aromatic carbocycles. The van der Waals surface area contributed by atoms with Crippen LogP contribution in [0.25, 0.3) is 0 Å². The van der Waals surface area contributed by atoms with Gasteiger partial charge in [-0.05, 0) is 6.42 Å². The molecule has 114 valence electrons. The van der Waals surface area contributed by atoms with Gasteiger partial charge in [0.2, 0.25) is 5.78 Å². The Morgan fingerprint density at radius 3 is 1.58 bits per heavy atom. The number of aliphatic carboxylic acids is 1. The summed E-state index contributed by atoms with van der Waals surface area (Å²) in [6, 6.07) is 0. The Hall–Kier alpha value is -0.760. The Kier molecular flexibility index (Phi) is 10.9. The molecule has 0 aliphatic heterocycles. The molecule has 0 aliphatic rings. The van der Waals surface area contributed by atoms with Crippen molar-refractivity contribution < 1.29 is 41.4 Å². The average molecular weight is 308 g/mol. The van der Waals surface area contributed by atoms with Crippen molar-refractivity contribution in [3.05, 3.63) is 0 Å². The number of hydrogen-bond acceptors (Lipinski definition) is 5. The molecule has 0 saturated heterocycles. The van der Waals surface area contributed by atoms with Crippen molar-refractivity contribution in [3.63, 3.8) is 0 Å². The van der Waals surface area contributed by atoms with Crippen molar-refractivity contribution in [2.45, 2.75) is 19.5 Å². The Morgan fingerprint density at radius 1 is 1.16 bits per heavy atom. The van der Waals surface area contributed by atoms with Crippen LogP contribution in [0.5, 0.6) is 0 Å². The number of carbonyl (C=O) groups is 2. The first kappa shape index (κ1) is 20.6. The van der Waals surface area contributed by atoms with Crippen LogP contribution in [0, 0.1) is 5.92 Å². The first-order chi connectivity index (χ1) is 8.65. The van der Waals surface area contributed by atoms with E-state index in [4.69, 9.17) is 5.11 Å². The molecule has 1 atom stereocenters. The van der Waals surface area contributed by atoms with Crippen molar-refractivity contribution in [2.75, 3.05) is 21.3 Å². The molecule has 10 heteroatoms. The molecule has 0 spiro atoms. The van der Waals surface area contributed by atoms with E-state index in [9.17, 15) is 22.8 Å². The molecule has 0 saturated carbocycles. The molecule has 0 bridgehead atoms. The summed E-state index contributed by atoms with van der Waals surface area (Å²) in [7, 11) is 3.57. The van der Waals surface area contributed by atoms with Crippen molar-refractivity contribution in [2.24, 2.45) is 5.92 Å². The summed E-state index contributed by atoms with van der Waals surface area (Å²) in [5.41, 5.74) is 0. The second-order valence-electron chi connectivity index (χ2n) is 2.93. The lowest BCUT2D eigenvalue weighted by Gasteiger charge is -2.10. The highest BCUT2D eigenvalue weighted by atomic mass is 31.2. The van der Waals surface area contributed by atoms with Crippen LogP contribution >= 0.6 is 8.60 Å². The summed E-state index contributed by atoms with van der Waals surface area (Å²) in [5.74, 6) is -5.90. The topological polar surface area (TPSA) is 82.1 Å². The van der Waals surface area contributed by atoms with Gasteiger partial charge in [0, 0.05) is 21.3 Å². The van der Waals surface area contributed by atoms with E-state index in [1.54, 1.807) is 21.3 Å². The third-order valence-electron chi connectivity index (χ3n) is 1.75. The minimum absolute atomic E-state index is 0.353. The van der Waals surface area contributed by atoms with E-state index in [0.29, 0.717) is 0 Å². The number of carboxylic acid groups (broad SMARTS) is 1. The minimum Gasteiger partial charge on any atom is -0.481 e. The van der Waals surface area contributed by atoms with Gasteiger partial charge in [-0.1, -0.05) is 6.92 Å². The number of carbonyl (C=O) groups excluding carboxylic acids is 1. The maximum atomic E-state index is 11.6. The second kappa shape index (κ2) is 10.1. The predicted octanol–water partition coefficient (Wildman–Crippen LogP) is 2.38. The normalized spacial score (nSPS) is 12.6. The molecule has 0 aromatic rings. The largest absolute Gasteiger partial charge is 0.481 e. The number of Topliss-reactive ketones (excluding diaryl/α,β-unsaturated/α-hetero) is 1. The highest BCUT2D eigenvalue weighted by Crippen LogP contribution is 2.35. The lowest BCUT2D eigenvalue weighted by Crippen LogP contribution is -2.34. The van der Waals surface area contributed by atoms with Gasteiger partial charge in [-0.25, -0.2) is 0 Å². The molecule has 0 rings (SSSR count). The summed E-state index contributed by atoms with van der Waals surface area (Å²) in [6.45, 7) is 1.21. The Labute approximate surface area is 109 Å². The smallest absolute Gasteiger partial charge is 0.450 e. The van der Waals surface area contributed by atoms with Gasteiger partial charge < -0.3 is 18.7 Å². The molecule has 19 heavy (non-hydrogen) atoms. The molecule has 0 aromatic heterocycles. The number of carboxylic acids is 1. The highest BCUT2D eigenvalue weighted by molar-refractivity contribution is 7.41.